The molecule has 2 atom stereocenters. The number of aromatic nitrogens is 4. The highest BCUT2D eigenvalue weighted by Gasteiger charge is 2.25. The minimum absolute atomic E-state index is 0.0983. The zero-order chi connectivity index (χ0) is 32.4. The molecule has 0 bridgehead atoms. The lowest BCUT2D eigenvalue weighted by atomic mass is 9.91. The van der Waals surface area contributed by atoms with Gasteiger partial charge in [0.05, 0.1) is 0 Å². The summed E-state index contributed by atoms with van der Waals surface area (Å²) in [6.45, 7) is 8.58. The molecule has 46 heavy (non-hydrogen) atoms. The smallest absolute Gasteiger partial charge is 0.260 e. The predicted molar refractivity (Wildman–Crippen MR) is 184 cm³/mol. The van der Waals surface area contributed by atoms with E-state index in [2.05, 4.69) is 57.5 Å². The fourth-order valence-corrected chi connectivity index (χ4v) is 6.91. The molecule has 0 spiro atoms. The standard InChI is InChI=1S/C36H46N8O2/c1-24-18-33(28-9-7-15-43(23-28)25(2)45)37-21-32(24)31-19-29-20-38-36(40-34(29)44(35(31)46)17-16-41(3)4)39-30-12-10-26(11-13-30)27-8-6-14-42(5)22-27/h10-13,18-21,27-28H,6-9,14-17,22-23H2,1-5H3,(H,38,39,40). The maximum atomic E-state index is 14.1. The van der Waals surface area contributed by atoms with Crippen molar-refractivity contribution in [3.8, 4) is 11.1 Å². The van der Waals surface area contributed by atoms with E-state index in [9.17, 15) is 9.59 Å². The molecule has 2 aliphatic rings. The van der Waals surface area contributed by atoms with E-state index in [0.717, 1.165) is 53.8 Å². The largest absolute Gasteiger partial charge is 0.342 e. The van der Waals surface area contributed by atoms with Crippen molar-refractivity contribution >= 4 is 28.6 Å². The van der Waals surface area contributed by atoms with E-state index in [-0.39, 0.29) is 17.4 Å². The Bertz CT molecular complexity index is 1770. The van der Waals surface area contributed by atoms with E-state index < -0.39 is 0 Å². The number of rotatable bonds is 8. The Labute approximate surface area is 271 Å². The van der Waals surface area contributed by atoms with Gasteiger partial charge in [0.2, 0.25) is 11.9 Å². The molecule has 1 amide bonds. The minimum atomic E-state index is -0.0983. The van der Waals surface area contributed by atoms with Gasteiger partial charge in [0, 0.05) is 85.9 Å². The molecule has 4 aromatic rings. The molecule has 242 valence electrons. The van der Waals surface area contributed by atoms with E-state index in [4.69, 9.17) is 9.97 Å². The number of benzene rings is 1. The summed E-state index contributed by atoms with van der Waals surface area (Å²) in [5, 5.41) is 4.15. The summed E-state index contributed by atoms with van der Waals surface area (Å²) in [5.41, 5.74) is 6.13. The first-order chi connectivity index (χ1) is 22.2. The molecular formula is C36H46N8O2. The molecule has 5 heterocycles. The Balaban J connectivity index is 1.29. The third kappa shape index (κ3) is 6.98. The van der Waals surface area contributed by atoms with Crippen molar-refractivity contribution in [2.24, 2.45) is 0 Å². The van der Waals surface area contributed by atoms with Crippen molar-refractivity contribution in [1.29, 1.82) is 0 Å². The first-order valence-corrected chi connectivity index (χ1v) is 16.5. The summed E-state index contributed by atoms with van der Waals surface area (Å²) < 4.78 is 1.76. The molecule has 0 aliphatic carbocycles. The summed E-state index contributed by atoms with van der Waals surface area (Å²) in [7, 11) is 6.19. The van der Waals surface area contributed by atoms with Crippen LogP contribution in [0.4, 0.5) is 11.6 Å². The monoisotopic (exact) mass is 622 g/mol. The van der Waals surface area contributed by atoms with Crippen LogP contribution < -0.4 is 10.9 Å². The molecule has 2 saturated heterocycles. The van der Waals surface area contributed by atoms with Crippen LogP contribution in [0, 0.1) is 6.92 Å². The maximum Gasteiger partial charge on any atom is 0.260 e. The van der Waals surface area contributed by atoms with Crippen LogP contribution in [-0.4, -0.2) is 94.0 Å². The molecule has 6 rings (SSSR count). The van der Waals surface area contributed by atoms with Crippen molar-refractivity contribution < 1.29 is 4.79 Å². The van der Waals surface area contributed by atoms with Crippen LogP contribution in [0.1, 0.15) is 61.3 Å². The first kappa shape index (κ1) is 31.8. The number of amides is 1. The van der Waals surface area contributed by atoms with Crippen LogP contribution >= 0.6 is 0 Å². The van der Waals surface area contributed by atoms with E-state index in [1.807, 2.05) is 38.2 Å². The molecule has 2 unspecified atom stereocenters. The number of likely N-dealkylation sites (N-methyl/N-ethyl adjacent to an activating group) is 2. The Hall–Kier alpha value is -4.15. The summed E-state index contributed by atoms with van der Waals surface area (Å²) >= 11 is 0. The van der Waals surface area contributed by atoms with Gasteiger partial charge in [0.1, 0.15) is 5.65 Å². The van der Waals surface area contributed by atoms with Gasteiger partial charge < -0.3 is 20.0 Å². The number of hydrogen-bond donors (Lipinski definition) is 1. The summed E-state index contributed by atoms with van der Waals surface area (Å²) in [4.78, 5) is 46.8. The summed E-state index contributed by atoms with van der Waals surface area (Å²) in [6, 6.07) is 12.5. The van der Waals surface area contributed by atoms with E-state index in [1.165, 1.54) is 24.9 Å². The highest BCUT2D eigenvalue weighted by molar-refractivity contribution is 5.82. The number of piperidine rings is 2. The predicted octanol–water partition coefficient (Wildman–Crippen LogP) is 5.00. The minimum Gasteiger partial charge on any atom is -0.342 e. The van der Waals surface area contributed by atoms with Gasteiger partial charge in [-0.05, 0) is 102 Å². The van der Waals surface area contributed by atoms with Gasteiger partial charge >= 0.3 is 0 Å². The van der Waals surface area contributed by atoms with E-state index in [0.29, 0.717) is 42.7 Å². The third-order valence-electron chi connectivity index (χ3n) is 9.57. The van der Waals surface area contributed by atoms with Gasteiger partial charge in [-0.15, -0.1) is 0 Å². The van der Waals surface area contributed by atoms with Gasteiger partial charge in [0.15, 0.2) is 0 Å². The molecule has 1 aromatic carbocycles. The lowest BCUT2D eigenvalue weighted by Gasteiger charge is -2.32. The van der Waals surface area contributed by atoms with E-state index >= 15 is 0 Å². The second-order valence-electron chi connectivity index (χ2n) is 13.4. The van der Waals surface area contributed by atoms with Crippen molar-refractivity contribution in [1.82, 2.24) is 34.2 Å². The fraction of sp³-hybridized carbons (Fsp3) is 0.472. The lowest BCUT2D eigenvalue weighted by molar-refractivity contribution is -0.130. The van der Waals surface area contributed by atoms with Crippen molar-refractivity contribution in [3.05, 3.63) is 76.0 Å². The molecule has 0 saturated carbocycles. The molecule has 10 nitrogen and oxygen atoms in total. The highest BCUT2D eigenvalue weighted by Crippen LogP contribution is 2.31. The summed E-state index contributed by atoms with van der Waals surface area (Å²) in [6.07, 6.45) is 8.03. The molecule has 0 radical (unpaired) electrons. The second-order valence-corrected chi connectivity index (χ2v) is 13.4. The van der Waals surface area contributed by atoms with Gasteiger partial charge in [-0.3, -0.25) is 19.1 Å². The highest BCUT2D eigenvalue weighted by atomic mass is 16.2. The number of anilines is 2. The number of carbonyl (C=O) groups is 1. The molecule has 2 fully saturated rings. The zero-order valence-electron chi connectivity index (χ0n) is 27.8. The van der Waals surface area contributed by atoms with Gasteiger partial charge in [-0.25, -0.2) is 4.98 Å². The van der Waals surface area contributed by atoms with Crippen LogP contribution in [0.5, 0.6) is 0 Å². The van der Waals surface area contributed by atoms with Crippen LogP contribution in [-0.2, 0) is 11.3 Å². The number of pyridine rings is 2. The topological polar surface area (TPSA) is 99.5 Å². The maximum absolute atomic E-state index is 14.1. The first-order valence-electron chi connectivity index (χ1n) is 16.5. The fourth-order valence-electron chi connectivity index (χ4n) is 6.91. The molecule has 10 heteroatoms. The number of aryl methyl sites for hydroxylation is 1. The van der Waals surface area contributed by atoms with Crippen LogP contribution in [0.3, 0.4) is 0 Å². The number of likely N-dealkylation sites (tertiary alicyclic amines) is 2. The van der Waals surface area contributed by atoms with Crippen molar-refractivity contribution in [2.75, 3.05) is 59.2 Å². The third-order valence-corrected chi connectivity index (χ3v) is 9.57. The Kier molecular flexibility index (Phi) is 9.47. The Morgan fingerprint density at radius 3 is 2.46 bits per heavy atom. The van der Waals surface area contributed by atoms with Gasteiger partial charge in [0.25, 0.3) is 5.56 Å². The van der Waals surface area contributed by atoms with Crippen molar-refractivity contribution in [2.45, 2.75) is 57.9 Å². The van der Waals surface area contributed by atoms with Gasteiger partial charge in [-0.1, -0.05) is 12.1 Å². The number of nitrogens with zero attached hydrogens (tertiary/aromatic N) is 7. The Morgan fingerprint density at radius 1 is 0.978 bits per heavy atom. The average molecular weight is 623 g/mol. The molecule has 3 aromatic heterocycles. The summed E-state index contributed by atoms with van der Waals surface area (Å²) in [5.74, 6) is 1.32. The SMILES string of the molecule is CC(=O)N1CCCC(c2cc(C)c(-c3cc4cnc(Nc5ccc(C6CCCN(C)C6)cc5)nc4n(CCN(C)C)c3=O)cn2)C1. The second kappa shape index (κ2) is 13.7. The average Bonchev–Trinajstić information content (AvgIpc) is 3.04. The van der Waals surface area contributed by atoms with Gasteiger partial charge in [-0.2, -0.15) is 4.98 Å². The number of carbonyl (C=O) groups excluding carboxylic acids is 1. The Morgan fingerprint density at radius 2 is 1.74 bits per heavy atom. The van der Waals surface area contributed by atoms with Crippen molar-refractivity contribution in [3.63, 3.8) is 0 Å². The van der Waals surface area contributed by atoms with Crippen LogP contribution in [0.25, 0.3) is 22.2 Å². The normalized spacial score (nSPS) is 19.1. The number of hydrogen-bond acceptors (Lipinski definition) is 8. The quantitative estimate of drug-likeness (QED) is 0.293. The van der Waals surface area contributed by atoms with Crippen LogP contribution in [0.15, 0.2) is 53.6 Å². The van der Waals surface area contributed by atoms with Crippen LogP contribution in [0.2, 0.25) is 0 Å². The van der Waals surface area contributed by atoms with E-state index in [1.54, 1.807) is 17.7 Å². The zero-order valence-corrected chi connectivity index (χ0v) is 27.8. The number of nitrogens with one attached hydrogen (secondary N) is 1. The molecular weight excluding hydrogens is 576 g/mol. The molecule has 2 aliphatic heterocycles. The molecule has 1 N–H and O–H groups in total. The lowest BCUT2D eigenvalue weighted by Crippen LogP contribution is -2.37. The number of fused-ring (bicyclic) bond motifs is 1.